The lowest BCUT2D eigenvalue weighted by Crippen LogP contribution is -2.45. The second kappa shape index (κ2) is 5.12. The van der Waals surface area contributed by atoms with Crippen molar-refractivity contribution in [3.8, 4) is 0 Å². The van der Waals surface area contributed by atoms with Crippen molar-refractivity contribution in [3.05, 3.63) is 35.9 Å². The number of rotatable bonds is 1. The maximum absolute atomic E-state index is 12.4. The number of carbonyl (C=O) groups excluding carboxylic acids is 1. The maximum atomic E-state index is 12.4. The van der Waals surface area contributed by atoms with Gasteiger partial charge in [0.1, 0.15) is 5.60 Å². The monoisotopic (exact) mass is 275 g/mol. The minimum Gasteiger partial charge on any atom is -0.444 e. The molecule has 1 aromatic rings. The van der Waals surface area contributed by atoms with Gasteiger partial charge in [0.05, 0.1) is 0 Å². The van der Waals surface area contributed by atoms with Crippen LogP contribution in [0.3, 0.4) is 0 Å². The molecule has 1 aromatic carbocycles. The van der Waals surface area contributed by atoms with Gasteiger partial charge in [0.25, 0.3) is 0 Å². The quantitative estimate of drug-likeness (QED) is 0.769. The summed E-state index contributed by atoms with van der Waals surface area (Å²) in [7, 11) is 0. The van der Waals surface area contributed by atoms with E-state index < -0.39 is 5.60 Å². The number of hydrogen-bond acceptors (Lipinski definition) is 2. The fourth-order valence-corrected chi connectivity index (χ4v) is 2.83. The third-order valence-electron chi connectivity index (χ3n) is 3.76. The highest BCUT2D eigenvalue weighted by molar-refractivity contribution is 5.70. The van der Waals surface area contributed by atoms with Crippen LogP contribution in [0.2, 0.25) is 0 Å². The Bertz CT molecular complexity index is 474. The van der Waals surface area contributed by atoms with Gasteiger partial charge >= 0.3 is 6.09 Å². The van der Waals surface area contributed by atoms with Crippen molar-refractivity contribution < 1.29 is 9.53 Å². The molecular weight excluding hydrogens is 250 g/mol. The van der Waals surface area contributed by atoms with Gasteiger partial charge in [0.15, 0.2) is 0 Å². The van der Waals surface area contributed by atoms with E-state index in [1.807, 2.05) is 31.7 Å². The van der Waals surface area contributed by atoms with Crippen LogP contribution >= 0.6 is 0 Å². The molecule has 1 amide bonds. The highest BCUT2D eigenvalue weighted by Gasteiger charge is 2.43. The molecule has 3 nitrogen and oxygen atoms in total. The van der Waals surface area contributed by atoms with Crippen molar-refractivity contribution in [3.63, 3.8) is 0 Å². The largest absolute Gasteiger partial charge is 0.444 e. The maximum Gasteiger partial charge on any atom is 0.410 e. The molecule has 0 bridgehead atoms. The summed E-state index contributed by atoms with van der Waals surface area (Å²) in [5.74, 6) is 0.388. The fourth-order valence-electron chi connectivity index (χ4n) is 2.83. The number of carbonyl (C=O) groups is 1. The Balaban J connectivity index is 2.14. The molecule has 20 heavy (non-hydrogen) atoms. The van der Waals surface area contributed by atoms with E-state index >= 15 is 0 Å². The Kier molecular flexibility index (Phi) is 3.81. The highest BCUT2D eigenvalue weighted by Crippen LogP contribution is 2.39. The first-order valence-corrected chi connectivity index (χ1v) is 7.25. The Hall–Kier alpha value is -1.51. The first kappa shape index (κ1) is 14.9. The summed E-state index contributed by atoms with van der Waals surface area (Å²) < 4.78 is 5.53. The van der Waals surface area contributed by atoms with Crippen LogP contribution in [0.4, 0.5) is 4.79 Å². The zero-order valence-electron chi connectivity index (χ0n) is 13.1. The number of amides is 1. The van der Waals surface area contributed by atoms with Gasteiger partial charge in [0.2, 0.25) is 0 Å². The van der Waals surface area contributed by atoms with Gasteiger partial charge in [-0.3, -0.25) is 0 Å². The molecule has 110 valence electrons. The first-order chi connectivity index (χ1) is 9.19. The van der Waals surface area contributed by atoms with Gasteiger partial charge in [-0.2, -0.15) is 0 Å². The second-order valence-corrected chi connectivity index (χ2v) is 7.22. The van der Waals surface area contributed by atoms with E-state index in [-0.39, 0.29) is 11.6 Å². The van der Waals surface area contributed by atoms with Crippen LogP contribution in [0, 0.1) is 0 Å². The Morgan fingerprint density at radius 3 is 2.40 bits per heavy atom. The lowest BCUT2D eigenvalue weighted by molar-refractivity contribution is 0.0133. The molecule has 1 heterocycles. The van der Waals surface area contributed by atoms with Gasteiger partial charge in [-0.05, 0) is 46.6 Å². The van der Waals surface area contributed by atoms with Crippen molar-refractivity contribution in [1.29, 1.82) is 0 Å². The van der Waals surface area contributed by atoms with Crippen molar-refractivity contribution in [1.82, 2.24) is 4.90 Å². The molecule has 2 rings (SSSR count). The summed E-state index contributed by atoms with van der Waals surface area (Å²) >= 11 is 0. The van der Waals surface area contributed by atoms with Gasteiger partial charge in [-0.1, -0.05) is 30.3 Å². The van der Waals surface area contributed by atoms with E-state index in [4.69, 9.17) is 4.74 Å². The standard InChI is InChI=1S/C17H25NO2/c1-16(2,3)20-15(19)18-12-14(11-17(18,4)5)13-9-7-6-8-10-13/h6-10,14H,11-12H2,1-5H3. The van der Waals surface area contributed by atoms with Crippen LogP contribution in [0.1, 0.15) is 52.5 Å². The third kappa shape index (κ3) is 3.33. The third-order valence-corrected chi connectivity index (χ3v) is 3.76. The summed E-state index contributed by atoms with van der Waals surface area (Å²) in [6.45, 7) is 10.7. The van der Waals surface area contributed by atoms with Gasteiger partial charge in [0, 0.05) is 18.0 Å². The fraction of sp³-hybridized carbons (Fsp3) is 0.588. The van der Waals surface area contributed by atoms with Crippen molar-refractivity contribution >= 4 is 6.09 Å². The summed E-state index contributed by atoms with van der Waals surface area (Å²) in [5.41, 5.74) is 0.688. The predicted molar refractivity (Wildman–Crippen MR) is 80.8 cm³/mol. The Morgan fingerprint density at radius 2 is 1.85 bits per heavy atom. The minimum atomic E-state index is -0.446. The normalized spacial score (nSPS) is 21.9. The topological polar surface area (TPSA) is 29.5 Å². The molecule has 0 radical (unpaired) electrons. The lowest BCUT2D eigenvalue weighted by Gasteiger charge is -2.33. The number of ether oxygens (including phenoxy) is 1. The van der Waals surface area contributed by atoms with E-state index in [1.165, 1.54) is 5.56 Å². The summed E-state index contributed by atoms with van der Waals surface area (Å²) in [5, 5.41) is 0. The number of hydrogen-bond donors (Lipinski definition) is 0. The number of benzene rings is 1. The molecule has 0 aliphatic carbocycles. The van der Waals surface area contributed by atoms with Crippen LogP contribution in [0.5, 0.6) is 0 Å². The van der Waals surface area contributed by atoms with E-state index in [1.54, 1.807) is 0 Å². The van der Waals surface area contributed by atoms with Gasteiger partial charge in [-0.15, -0.1) is 0 Å². The summed E-state index contributed by atoms with van der Waals surface area (Å²) in [6.07, 6.45) is 0.761. The van der Waals surface area contributed by atoms with E-state index in [9.17, 15) is 4.79 Å². The average Bonchev–Trinajstić information content (AvgIpc) is 2.64. The number of nitrogens with zero attached hydrogens (tertiary/aromatic N) is 1. The predicted octanol–water partition coefficient (Wildman–Crippen LogP) is 4.19. The molecule has 3 heteroatoms. The van der Waals surface area contributed by atoms with E-state index in [2.05, 4.69) is 38.1 Å². The van der Waals surface area contributed by atoms with E-state index in [0.29, 0.717) is 5.92 Å². The molecule has 1 saturated heterocycles. The molecule has 0 spiro atoms. The second-order valence-electron chi connectivity index (χ2n) is 7.22. The van der Waals surface area contributed by atoms with Crippen molar-refractivity contribution in [2.75, 3.05) is 6.54 Å². The zero-order chi connectivity index (χ0) is 15.0. The van der Waals surface area contributed by atoms with E-state index in [0.717, 1.165) is 13.0 Å². The zero-order valence-corrected chi connectivity index (χ0v) is 13.1. The molecule has 0 N–H and O–H groups in total. The van der Waals surface area contributed by atoms with Crippen LogP contribution in [-0.4, -0.2) is 28.7 Å². The molecule has 1 atom stereocenters. The van der Waals surface area contributed by atoms with Crippen LogP contribution in [-0.2, 0) is 4.74 Å². The van der Waals surface area contributed by atoms with Crippen molar-refractivity contribution in [2.45, 2.75) is 58.1 Å². The minimum absolute atomic E-state index is 0.164. The van der Waals surface area contributed by atoms with Crippen LogP contribution in [0.15, 0.2) is 30.3 Å². The van der Waals surface area contributed by atoms with Gasteiger partial charge in [-0.25, -0.2) is 4.79 Å². The molecule has 1 fully saturated rings. The summed E-state index contributed by atoms with van der Waals surface area (Å²) in [4.78, 5) is 14.2. The van der Waals surface area contributed by atoms with Crippen LogP contribution < -0.4 is 0 Å². The van der Waals surface area contributed by atoms with Crippen molar-refractivity contribution in [2.24, 2.45) is 0 Å². The first-order valence-electron chi connectivity index (χ1n) is 7.25. The molecule has 1 aliphatic heterocycles. The molecule has 1 unspecified atom stereocenters. The van der Waals surface area contributed by atoms with Crippen LogP contribution in [0.25, 0.3) is 0 Å². The Labute approximate surface area is 121 Å². The Morgan fingerprint density at radius 1 is 1.25 bits per heavy atom. The number of likely N-dealkylation sites (tertiary alicyclic amines) is 1. The lowest BCUT2D eigenvalue weighted by atomic mass is 9.91. The molecule has 1 aliphatic rings. The molecule has 0 saturated carbocycles. The highest BCUT2D eigenvalue weighted by atomic mass is 16.6. The summed E-state index contributed by atoms with van der Waals surface area (Å²) in [6, 6.07) is 10.4. The SMILES string of the molecule is CC(C)(C)OC(=O)N1CC(c2ccccc2)CC1(C)C. The smallest absolute Gasteiger partial charge is 0.410 e. The average molecular weight is 275 g/mol. The molecule has 0 aromatic heterocycles. The molecular formula is C17H25NO2. The van der Waals surface area contributed by atoms with Gasteiger partial charge < -0.3 is 9.64 Å².